The van der Waals surface area contributed by atoms with E-state index in [-0.39, 0.29) is 18.1 Å². The molecule has 2 aromatic carbocycles. The van der Waals surface area contributed by atoms with Crippen LogP contribution in [-0.4, -0.2) is 41.6 Å². The molecule has 2 aromatic rings. The van der Waals surface area contributed by atoms with Crippen LogP contribution in [0.15, 0.2) is 48.0 Å². The molecule has 0 radical (unpaired) electrons. The monoisotopic (exact) mass is 437 g/mol. The van der Waals surface area contributed by atoms with E-state index in [0.29, 0.717) is 36.0 Å². The first-order chi connectivity index (χ1) is 15.5. The van der Waals surface area contributed by atoms with Crippen LogP contribution in [0.25, 0.3) is 5.76 Å². The van der Waals surface area contributed by atoms with Crippen LogP contribution in [0.4, 0.5) is 0 Å². The molecule has 0 aromatic heterocycles. The van der Waals surface area contributed by atoms with Crippen molar-refractivity contribution < 1.29 is 28.9 Å². The summed E-state index contributed by atoms with van der Waals surface area (Å²) < 4.78 is 16.5. The first-order valence-corrected chi connectivity index (χ1v) is 11.0. The van der Waals surface area contributed by atoms with Crippen molar-refractivity contribution in [3.63, 3.8) is 0 Å². The molecule has 0 bridgehead atoms. The largest absolute Gasteiger partial charge is 0.507 e. The maximum atomic E-state index is 13.1. The number of aliphatic hydroxyl groups excluding tert-OH is 1. The third kappa shape index (κ3) is 4.02. The minimum atomic E-state index is -0.697. The number of carbonyl (C=O) groups excluding carboxylic acids is 2. The zero-order valence-corrected chi connectivity index (χ0v) is 18.3. The zero-order valence-electron chi connectivity index (χ0n) is 18.3. The fourth-order valence-electron chi connectivity index (χ4n) is 3.98. The van der Waals surface area contributed by atoms with Gasteiger partial charge in [0.1, 0.15) is 11.5 Å². The lowest BCUT2D eigenvalue weighted by Crippen LogP contribution is -2.30. The topological polar surface area (TPSA) is 85.3 Å². The Bertz CT molecular complexity index is 1060. The summed E-state index contributed by atoms with van der Waals surface area (Å²) in [5, 5.41) is 11.2. The number of amides is 1. The van der Waals surface area contributed by atoms with Crippen LogP contribution in [0.2, 0.25) is 0 Å². The molecule has 1 unspecified atom stereocenters. The molecule has 7 heteroatoms. The van der Waals surface area contributed by atoms with Gasteiger partial charge in [-0.25, -0.2) is 0 Å². The fourth-order valence-corrected chi connectivity index (χ4v) is 3.98. The van der Waals surface area contributed by atoms with E-state index >= 15 is 0 Å². The second-order valence-electron chi connectivity index (χ2n) is 7.84. The van der Waals surface area contributed by atoms with Gasteiger partial charge in [0.2, 0.25) is 6.79 Å². The Labute approximate surface area is 187 Å². The Balaban J connectivity index is 1.80. The van der Waals surface area contributed by atoms with Gasteiger partial charge in [-0.1, -0.05) is 32.4 Å². The summed E-state index contributed by atoms with van der Waals surface area (Å²) in [4.78, 5) is 27.6. The van der Waals surface area contributed by atoms with Crippen LogP contribution in [0.5, 0.6) is 17.2 Å². The second kappa shape index (κ2) is 9.34. The summed E-state index contributed by atoms with van der Waals surface area (Å²) in [6, 6.07) is 11.6. The third-order valence-electron chi connectivity index (χ3n) is 5.59. The lowest BCUT2D eigenvalue weighted by molar-refractivity contribution is -0.139. The van der Waals surface area contributed by atoms with Crippen LogP contribution >= 0.6 is 0 Å². The standard InChI is InChI=1S/C25H27NO6/c1-3-5-11-26-22(16-7-6-8-18(13-16)30-12-4-2)21(24(28)25(26)29)23(27)17-9-10-19-20(14-17)32-15-31-19/h6-10,13-14,22,27H,3-5,11-12,15H2,1-2H3/b23-21-. The number of aliphatic hydroxyl groups is 1. The molecular weight excluding hydrogens is 410 g/mol. The molecule has 7 nitrogen and oxygen atoms in total. The Morgan fingerprint density at radius 3 is 2.69 bits per heavy atom. The van der Waals surface area contributed by atoms with Gasteiger partial charge in [-0.3, -0.25) is 9.59 Å². The van der Waals surface area contributed by atoms with Crippen molar-refractivity contribution in [3.05, 3.63) is 59.2 Å². The van der Waals surface area contributed by atoms with Gasteiger partial charge < -0.3 is 24.2 Å². The van der Waals surface area contributed by atoms with Gasteiger partial charge in [0, 0.05) is 12.1 Å². The number of nitrogens with zero attached hydrogens (tertiary/aromatic N) is 1. The minimum Gasteiger partial charge on any atom is -0.507 e. The predicted octanol–water partition coefficient (Wildman–Crippen LogP) is 4.43. The lowest BCUT2D eigenvalue weighted by Gasteiger charge is -2.25. The molecule has 1 saturated heterocycles. The second-order valence-corrected chi connectivity index (χ2v) is 7.84. The quantitative estimate of drug-likeness (QED) is 0.374. The number of unbranched alkanes of at least 4 members (excludes halogenated alkanes) is 1. The van der Waals surface area contributed by atoms with E-state index in [1.807, 2.05) is 38.1 Å². The van der Waals surface area contributed by atoms with Crippen molar-refractivity contribution in [1.82, 2.24) is 4.90 Å². The molecular formula is C25H27NO6. The van der Waals surface area contributed by atoms with Crippen LogP contribution < -0.4 is 14.2 Å². The molecule has 2 heterocycles. The highest BCUT2D eigenvalue weighted by molar-refractivity contribution is 6.46. The molecule has 1 N–H and O–H groups in total. The van der Waals surface area contributed by atoms with Crippen molar-refractivity contribution in [3.8, 4) is 17.2 Å². The Morgan fingerprint density at radius 2 is 1.91 bits per heavy atom. The van der Waals surface area contributed by atoms with Crippen LogP contribution in [0.1, 0.15) is 50.3 Å². The summed E-state index contributed by atoms with van der Waals surface area (Å²) in [7, 11) is 0. The molecule has 168 valence electrons. The number of rotatable bonds is 8. The number of likely N-dealkylation sites (tertiary alicyclic amines) is 1. The van der Waals surface area contributed by atoms with Gasteiger partial charge in [0.05, 0.1) is 18.2 Å². The van der Waals surface area contributed by atoms with Gasteiger partial charge in [-0.15, -0.1) is 0 Å². The number of Topliss-reactive ketones (excluding diaryl/α,β-unsaturated/α-hetero) is 1. The molecule has 1 amide bonds. The summed E-state index contributed by atoms with van der Waals surface area (Å²) in [5.41, 5.74) is 1.18. The van der Waals surface area contributed by atoms with Crippen molar-refractivity contribution in [2.24, 2.45) is 0 Å². The number of carbonyl (C=O) groups is 2. The van der Waals surface area contributed by atoms with Gasteiger partial charge in [0.15, 0.2) is 11.5 Å². The SMILES string of the molecule is CCCCN1C(=O)C(=O)/C(=C(\O)c2ccc3c(c2)OCO3)C1c1cccc(OCCC)c1. The summed E-state index contributed by atoms with van der Waals surface area (Å²) in [6.45, 7) is 5.14. The molecule has 4 rings (SSSR count). The minimum absolute atomic E-state index is 0.0672. The average Bonchev–Trinajstić information content (AvgIpc) is 3.38. The van der Waals surface area contributed by atoms with E-state index in [1.54, 1.807) is 23.1 Å². The highest BCUT2D eigenvalue weighted by atomic mass is 16.7. The molecule has 0 aliphatic carbocycles. The van der Waals surface area contributed by atoms with E-state index in [9.17, 15) is 14.7 Å². The summed E-state index contributed by atoms with van der Waals surface area (Å²) in [5.74, 6) is 0.189. The molecule has 0 spiro atoms. The van der Waals surface area contributed by atoms with Crippen molar-refractivity contribution in [1.29, 1.82) is 0 Å². The number of hydrogen-bond acceptors (Lipinski definition) is 6. The molecule has 32 heavy (non-hydrogen) atoms. The number of benzene rings is 2. The summed E-state index contributed by atoms with van der Waals surface area (Å²) >= 11 is 0. The molecule has 0 saturated carbocycles. The van der Waals surface area contributed by atoms with Crippen molar-refractivity contribution >= 4 is 17.4 Å². The summed E-state index contributed by atoms with van der Waals surface area (Å²) in [6.07, 6.45) is 2.49. The molecule has 1 fully saturated rings. The molecule has 2 aliphatic rings. The molecule has 2 aliphatic heterocycles. The van der Waals surface area contributed by atoms with Gasteiger partial charge in [0.25, 0.3) is 11.7 Å². The van der Waals surface area contributed by atoms with Gasteiger partial charge in [-0.2, -0.15) is 0 Å². The van der Waals surface area contributed by atoms with E-state index in [1.165, 1.54) is 0 Å². The van der Waals surface area contributed by atoms with Gasteiger partial charge >= 0.3 is 0 Å². The molecule has 1 atom stereocenters. The number of hydrogen-bond donors (Lipinski definition) is 1. The maximum absolute atomic E-state index is 13.1. The number of fused-ring (bicyclic) bond motifs is 1. The van der Waals surface area contributed by atoms with Gasteiger partial charge in [-0.05, 0) is 48.7 Å². The Morgan fingerprint density at radius 1 is 1.09 bits per heavy atom. The Hall–Kier alpha value is -3.48. The lowest BCUT2D eigenvalue weighted by atomic mass is 9.95. The Kier molecular flexibility index (Phi) is 6.35. The maximum Gasteiger partial charge on any atom is 0.295 e. The highest BCUT2D eigenvalue weighted by Gasteiger charge is 2.45. The van der Waals surface area contributed by atoms with Crippen LogP contribution in [-0.2, 0) is 9.59 Å². The van der Waals surface area contributed by atoms with E-state index in [2.05, 4.69) is 0 Å². The fraction of sp³-hybridized carbons (Fsp3) is 0.360. The average molecular weight is 437 g/mol. The third-order valence-corrected chi connectivity index (χ3v) is 5.59. The first-order valence-electron chi connectivity index (χ1n) is 11.0. The zero-order chi connectivity index (χ0) is 22.7. The van der Waals surface area contributed by atoms with Crippen molar-refractivity contribution in [2.75, 3.05) is 19.9 Å². The smallest absolute Gasteiger partial charge is 0.295 e. The normalized spacial score (nSPS) is 18.9. The number of ether oxygens (including phenoxy) is 3. The van der Waals surface area contributed by atoms with Crippen LogP contribution in [0.3, 0.4) is 0 Å². The van der Waals surface area contributed by atoms with E-state index in [0.717, 1.165) is 24.8 Å². The first kappa shape index (κ1) is 21.7. The van der Waals surface area contributed by atoms with Crippen LogP contribution in [0, 0.1) is 0 Å². The van der Waals surface area contributed by atoms with Crippen molar-refractivity contribution in [2.45, 2.75) is 39.2 Å². The highest BCUT2D eigenvalue weighted by Crippen LogP contribution is 2.42. The predicted molar refractivity (Wildman–Crippen MR) is 119 cm³/mol. The number of ketones is 1. The van der Waals surface area contributed by atoms with E-state index < -0.39 is 17.7 Å². The van der Waals surface area contributed by atoms with E-state index in [4.69, 9.17) is 14.2 Å².